The van der Waals surface area contributed by atoms with Crippen molar-refractivity contribution in [1.29, 1.82) is 0 Å². The van der Waals surface area contributed by atoms with E-state index in [0.717, 1.165) is 5.56 Å². The van der Waals surface area contributed by atoms with Gasteiger partial charge in [-0.05, 0) is 35.7 Å². The summed E-state index contributed by atoms with van der Waals surface area (Å²) in [5.74, 6) is -1.28. The summed E-state index contributed by atoms with van der Waals surface area (Å²) in [6.07, 6.45) is 0.553. The summed E-state index contributed by atoms with van der Waals surface area (Å²) in [5, 5.41) is 11.4. The molecule has 2 aromatic rings. The fourth-order valence-electron chi connectivity index (χ4n) is 2.91. The predicted molar refractivity (Wildman–Crippen MR) is 89.6 cm³/mol. The van der Waals surface area contributed by atoms with Crippen molar-refractivity contribution in [2.24, 2.45) is 10.9 Å². The van der Waals surface area contributed by atoms with Crippen molar-refractivity contribution in [2.75, 3.05) is 5.32 Å². The van der Waals surface area contributed by atoms with Crippen LogP contribution in [0, 0.1) is 17.6 Å². The average Bonchev–Trinajstić information content (AvgIpc) is 2.98. The van der Waals surface area contributed by atoms with E-state index in [2.05, 4.69) is 10.3 Å². The number of hydroxylamine groups is 1. The van der Waals surface area contributed by atoms with Crippen molar-refractivity contribution >= 4 is 17.4 Å². The van der Waals surface area contributed by atoms with Crippen LogP contribution in [0.5, 0.6) is 0 Å². The average molecular weight is 345 g/mol. The summed E-state index contributed by atoms with van der Waals surface area (Å²) in [4.78, 5) is 15.9. The molecule has 2 aromatic carbocycles. The van der Waals surface area contributed by atoms with E-state index in [4.69, 9.17) is 5.21 Å². The summed E-state index contributed by atoms with van der Waals surface area (Å²) in [6, 6.07) is 10.2. The summed E-state index contributed by atoms with van der Waals surface area (Å²) in [7, 11) is 0. The maximum absolute atomic E-state index is 13.8. The van der Waals surface area contributed by atoms with Gasteiger partial charge in [-0.15, -0.1) is 0 Å². The number of amidine groups is 1. The fourth-order valence-corrected chi connectivity index (χ4v) is 2.91. The highest BCUT2D eigenvalue weighted by atomic mass is 19.1. The second kappa shape index (κ2) is 6.98. The van der Waals surface area contributed by atoms with Crippen molar-refractivity contribution < 1.29 is 18.8 Å². The molecule has 3 rings (SSSR count). The maximum atomic E-state index is 13.8. The van der Waals surface area contributed by atoms with E-state index >= 15 is 0 Å². The highest BCUT2D eigenvalue weighted by Gasteiger charge is 2.28. The lowest BCUT2D eigenvalue weighted by Gasteiger charge is -2.13. The number of anilines is 1. The molecule has 0 saturated heterocycles. The first-order valence-corrected chi connectivity index (χ1v) is 7.81. The Labute approximate surface area is 143 Å². The SMILES string of the molecule is CC1CC(Nc2c(F)cccc2F)=NC1c1ccc(C(=O)NO)cc1. The molecule has 0 aliphatic carbocycles. The van der Waals surface area contributed by atoms with Crippen molar-refractivity contribution in [2.45, 2.75) is 19.4 Å². The molecule has 130 valence electrons. The standard InChI is InChI=1S/C18H17F2N3O2/c1-10-9-15(22-17-13(19)3-2-4-14(17)20)21-16(10)11-5-7-12(8-6-11)18(24)23-25/h2-8,10,16,25H,9H2,1H3,(H,21,22)(H,23,24). The number of hydrogen-bond donors (Lipinski definition) is 3. The van der Waals surface area contributed by atoms with Gasteiger partial charge in [0.2, 0.25) is 0 Å². The molecule has 0 spiro atoms. The highest BCUT2D eigenvalue weighted by molar-refractivity contribution is 5.97. The Balaban J connectivity index is 1.80. The summed E-state index contributed by atoms with van der Waals surface area (Å²) < 4.78 is 27.5. The molecule has 7 heteroatoms. The van der Waals surface area contributed by atoms with Gasteiger partial charge in [0.15, 0.2) is 0 Å². The number of halogens is 2. The van der Waals surface area contributed by atoms with Crippen LogP contribution in [0.3, 0.4) is 0 Å². The lowest BCUT2D eigenvalue weighted by molar-refractivity contribution is 0.0706. The van der Waals surface area contributed by atoms with Crippen LogP contribution >= 0.6 is 0 Å². The van der Waals surface area contributed by atoms with E-state index in [1.807, 2.05) is 6.92 Å². The molecule has 2 unspecified atom stereocenters. The first kappa shape index (κ1) is 17.0. The molecule has 0 bridgehead atoms. The number of amides is 1. The first-order valence-electron chi connectivity index (χ1n) is 7.81. The summed E-state index contributed by atoms with van der Waals surface area (Å²) >= 11 is 0. The molecule has 0 saturated carbocycles. The lowest BCUT2D eigenvalue weighted by atomic mass is 9.94. The highest BCUT2D eigenvalue weighted by Crippen LogP contribution is 2.35. The van der Waals surface area contributed by atoms with Gasteiger partial charge < -0.3 is 5.32 Å². The van der Waals surface area contributed by atoms with Gasteiger partial charge in [-0.2, -0.15) is 0 Å². The number of para-hydroxylation sites is 1. The van der Waals surface area contributed by atoms with Crippen LogP contribution in [0.4, 0.5) is 14.5 Å². The van der Waals surface area contributed by atoms with Gasteiger partial charge in [-0.1, -0.05) is 25.1 Å². The molecule has 5 nitrogen and oxygen atoms in total. The topological polar surface area (TPSA) is 73.7 Å². The van der Waals surface area contributed by atoms with Crippen LogP contribution in [0.25, 0.3) is 0 Å². The molecule has 1 aliphatic rings. The smallest absolute Gasteiger partial charge is 0.274 e. The van der Waals surface area contributed by atoms with Gasteiger partial charge >= 0.3 is 0 Å². The molecule has 2 atom stereocenters. The maximum Gasteiger partial charge on any atom is 0.274 e. The van der Waals surface area contributed by atoms with Crippen LogP contribution in [0.15, 0.2) is 47.5 Å². The van der Waals surface area contributed by atoms with Crippen LogP contribution in [-0.2, 0) is 0 Å². The summed E-state index contributed by atoms with van der Waals surface area (Å²) in [6.45, 7) is 1.99. The van der Waals surface area contributed by atoms with Gasteiger partial charge in [0, 0.05) is 12.0 Å². The third-order valence-corrected chi connectivity index (χ3v) is 4.20. The number of benzene rings is 2. The zero-order valence-electron chi connectivity index (χ0n) is 13.5. The van der Waals surface area contributed by atoms with E-state index in [-0.39, 0.29) is 17.6 Å². The van der Waals surface area contributed by atoms with E-state index < -0.39 is 17.5 Å². The fraction of sp³-hybridized carbons (Fsp3) is 0.222. The van der Waals surface area contributed by atoms with Gasteiger partial charge in [-0.25, -0.2) is 14.3 Å². The quantitative estimate of drug-likeness (QED) is 0.587. The van der Waals surface area contributed by atoms with Gasteiger partial charge in [0.25, 0.3) is 5.91 Å². The minimum atomic E-state index is -0.668. The minimum absolute atomic E-state index is 0.134. The second-order valence-corrected chi connectivity index (χ2v) is 5.99. The van der Waals surface area contributed by atoms with Crippen molar-refractivity contribution in [3.8, 4) is 0 Å². The predicted octanol–water partition coefficient (Wildman–Crippen LogP) is 3.68. The molecule has 3 N–H and O–H groups in total. The molecule has 25 heavy (non-hydrogen) atoms. The van der Waals surface area contributed by atoms with E-state index in [1.165, 1.54) is 18.2 Å². The first-order chi connectivity index (χ1) is 12.0. The van der Waals surface area contributed by atoms with Crippen LogP contribution in [0.1, 0.15) is 35.3 Å². The monoisotopic (exact) mass is 345 g/mol. The zero-order chi connectivity index (χ0) is 18.0. The van der Waals surface area contributed by atoms with Crippen LogP contribution in [0.2, 0.25) is 0 Å². The van der Waals surface area contributed by atoms with Crippen molar-refractivity contribution in [3.63, 3.8) is 0 Å². The van der Waals surface area contributed by atoms with Crippen LogP contribution in [-0.4, -0.2) is 17.0 Å². The number of nitrogens with one attached hydrogen (secondary N) is 2. The Morgan fingerprint density at radius 3 is 2.40 bits per heavy atom. The Hall–Kier alpha value is -2.80. The summed E-state index contributed by atoms with van der Waals surface area (Å²) in [5.41, 5.74) is 2.58. The number of carbonyl (C=O) groups is 1. The van der Waals surface area contributed by atoms with Crippen molar-refractivity contribution in [1.82, 2.24) is 5.48 Å². The number of hydrogen-bond acceptors (Lipinski definition) is 4. The minimum Gasteiger partial charge on any atom is -0.339 e. The van der Waals surface area contributed by atoms with E-state index in [9.17, 15) is 13.6 Å². The lowest BCUT2D eigenvalue weighted by Crippen LogP contribution is -2.18. The molecule has 1 aliphatic heterocycles. The molecule has 0 radical (unpaired) electrons. The second-order valence-electron chi connectivity index (χ2n) is 5.99. The van der Waals surface area contributed by atoms with E-state index in [1.54, 1.807) is 29.7 Å². The number of carbonyl (C=O) groups excluding carboxylic acids is 1. The number of nitrogens with zero attached hydrogens (tertiary/aromatic N) is 1. The Bertz CT molecular complexity index is 801. The van der Waals surface area contributed by atoms with Gasteiger partial charge in [0.05, 0.1) is 6.04 Å². The Morgan fingerprint density at radius 2 is 1.80 bits per heavy atom. The molecular formula is C18H17F2N3O2. The van der Waals surface area contributed by atoms with Gasteiger partial charge in [0.1, 0.15) is 23.2 Å². The third-order valence-electron chi connectivity index (χ3n) is 4.20. The molecule has 1 heterocycles. The molecular weight excluding hydrogens is 328 g/mol. The van der Waals surface area contributed by atoms with Crippen LogP contribution < -0.4 is 10.8 Å². The number of rotatable bonds is 3. The van der Waals surface area contributed by atoms with Gasteiger partial charge in [-0.3, -0.25) is 15.0 Å². The normalized spacial score (nSPS) is 19.4. The Kier molecular flexibility index (Phi) is 4.76. The zero-order valence-corrected chi connectivity index (χ0v) is 13.5. The van der Waals surface area contributed by atoms with E-state index in [0.29, 0.717) is 17.8 Å². The molecule has 1 amide bonds. The number of aliphatic imine (C=N–C) groups is 1. The third kappa shape index (κ3) is 3.51. The largest absolute Gasteiger partial charge is 0.339 e. The van der Waals surface area contributed by atoms with Crippen molar-refractivity contribution in [3.05, 3.63) is 65.2 Å². The molecule has 0 fully saturated rings. The molecule has 0 aromatic heterocycles. The Morgan fingerprint density at radius 1 is 1.16 bits per heavy atom.